The lowest BCUT2D eigenvalue weighted by Gasteiger charge is -2.11. The Labute approximate surface area is 128 Å². The maximum absolute atomic E-state index is 8.78. The van der Waals surface area contributed by atoms with Gasteiger partial charge in [0.15, 0.2) is 5.17 Å². The van der Waals surface area contributed by atoms with Crippen molar-refractivity contribution in [2.24, 2.45) is 5.73 Å². The van der Waals surface area contributed by atoms with Gasteiger partial charge >= 0.3 is 0 Å². The number of rotatable bonds is 5. The van der Waals surface area contributed by atoms with Crippen molar-refractivity contribution in [3.05, 3.63) is 65.2 Å². The zero-order valence-corrected chi connectivity index (χ0v) is 12.3. The van der Waals surface area contributed by atoms with Crippen LogP contribution in [0.2, 0.25) is 0 Å². The molecule has 0 aliphatic heterocycles. The summed E-state index contributed by atoms with van der Waals surface area (Å²) >= 11 is 1.31. The average Bonchev–Trinajstić information content (AvgIpc) is 2.52. The highest BCUT2D eigenvalue weighted by Crippen LogP contribution is 2.21. The van der Waals surface area contributed by atoms with Crippen LogP contribution in [0.1, 0.15) is 16.7 Å². The van der Waals surface area contributed by atoms with Crippen molar-refractivity contribution < 1.29 is 0 Å². The predicted octanol–water partition coefficient (Wildman–Crippen LogP) is 3.30. The summed E-state index contributed by atoms with van der Waals surface area (Å²) in [6.07, 6.45) is 0. The van der Waals surface area contributed by atoms with E-state index < -0.39 is 0 Å². The third-order valence-electron chi connectivity index (χ3n) is 2.97. The minimum absolute atomic E-state index is 0.122. The minimum Gasteiger partial charge on any atom is -0.381 e. The van der Waals surface area contributed by atoms with Gasteiger partial charge in [0, 0.05) is 18.0 Å². The number of benzene rings is 2. The normalized spacial score (nSPS) is 9.86. The number of nitrogens with one attached hydrogen (secondary N) is 2. The molecular weight excluding hydrogens is 280 g/mol. The summed E-state index contributed by atoms with van der Waals surface area (Å²) in [4.78, 5) is 0. The fourth-order valence-corrected chi connectivity index (χ4v) is 2.43. The summed E-state index contributed by atoms with van der Waals surface area (Å²) in [6, 6.07) is 17.6. The van der Waals surface area contributed by atoms with Crippen LogP contribution in [0.3, 0.4) is 0 Å². The Morgan fingerprint density at radius 1 is 1.19 bits per heavy atom. The first-order valence-corrected chi connectivity index (χ1v) is 7.45. The quantitative estimate of drug-likeness (QED) is 0.583. The first-order chi connectivity index (χ1) is 10.2. The van der Waals surface area contributed by atoms with Gasteiger partial charge in [-0.25, -0.2) is 0 Å². The van der Waals surface area contributed by atoms with Crippen molar-refractivity contribution in [3.63, 3.8) is 0 Å². The predicted molar refractivity (Wildman–Crippen MR) is 88.1 cm³/mol. The fourth-order valence-electron chi connectivity index (χ4n) is 1.87. The molecule has 0 amide bonds. The van der Waals surface area contributed by atoms with Gasteiger partial charge in [0.25, 0.3) is 0 Å². The number of thioether (sulfide) groups is 1. The summed E-state index contributed by atoms with van der Waals surface area (Å²) in [6.45, 7) is 0.688. The Hall–Kier alpha value is -2.45. The van der Waals surface area contributed by atoms with Gasteiger partial charge in [-0.05, 0) is 29.3 Å². The molecule has 0 fully saturated rings. The van der Waals surface area contributed by atoms with Crippen molar-refractivity contribution >= 4 is 22.6 Å². The number of nitrogens with zero attached hydrogens (tertiary/aromatic N) is 1. The maximum atomic E-state index is 8.78. The smallest absolute Gasteiger partial charge is 0.151 e. The van der Waals surface area contributed by atoms with E-state index in [1.54, 1.807) is 0 Å². The molecule has 2 aromatic rings. The molecule has 0 aromatic heterocycles. The van der Waals surface area contributed by atoms with E-state index in [4.69, 9.17) is 16.4 Å². The van der Waals surface area contributed by atoms with Crippen molar-refractivity contribution in [2.45, 2.75) is 12.3 Å². The molecule has 0 aliphatic carbocycles. The lowest BCUT2D eigenvalue weighted by Crippen LogP contribution is -2.06. The number of hydrogen-bond donors (Lipinski definition) is 3. The molecule has 2 aromatic carbocycles. The van der Waals surface area contributed by atoms with E-state index in [0.29, 0.717) is 17.9 Å². The first kappa shape index (κ1) is 14.9. The Balaban J connectivity index is 2.02. The molecule has 0 bridgehead atoms. The van der Waals surface area contributed by atoms with Crippen molar-refractivity contribution in [1.82, 2.24) is 0 Å². The highest BCUT2D eigenvalue weighted by molar-refractivity contribution is 8.13. The van der Waals surface area contributed by atoms with E-state index in [9.17, 15) is 0 Å². The van der Waals surface area contributed by atoms with Crippen LogP contribution in [0.25, 0.3) is 0 Å². The van der Waals surface area contributed by atoms with E-state index in [0.717, 1.165) is 16.8 Å². The third kappa shape index (κ3) is 4.55. The monoisotopic (exact) mass is 296 g/mol. The molecule has 106 valence electrons. The SMILES string of the molecule is N#Cc1ccc(CNc2ccccc2CSC(=N)N)cc1. The second-order valence-electron chi connectivity index (χ2n) is 4.47. The molecule has 0 radical (unpaired) electrons. The Morgan fingerprint density at radius 3 is 2.57 bits per heavy atom. The van der Waals surface area contributed by atoms with Crippen LogP contribution in [0.15, 0.2) is 48.5 Å². The summed E-state index contributed by atoms with van der Waals surface area (Å²) in [5, 5.41) is 19.6. The van der Waals surface area contributed by atoms with Gasteiger partial charge in [-0.15, -0.1) is 0 Å². The van der Waals surface area contributed by atoms with E-state index in [1.807, 2.05) is 48.5 Å². The van der Waals surface area contributed by atoms with Crippen LogP contribution in [0.4, 0.5) is 5.69 Å². The number of para-hydroxylation sites is 1. The molecule has 4 nitrogen and oxygen atoms in total. The molecule has 21 heavy (non-hydrogen) atoms. The number of nitriles is 1. The third-order valence-corrected chi connectivity index (χ3v) is 3.73. The van der Waals surface area contributed by atoms with Crippen LogP contribution in [0, 0.1) is 16.7 Å². The van der Waals surface area contributed by atoms with Gasteiger partial charge in [-0.3, -0.25) is 5.41 Å². The van der Waals surface area contributed by atoms with Gasteiger partial charge in [0.2, 0.25) is 0 Å². The van der Waals surface area contributed by atoms with Crippen LogP contribution in [-0.4, -0.2) is 5.17 Å². The Kier molecular flexibility index (Phi) is 5.24. The molecule has 0 saturated heterocycles. The molecule has 0 saturated carbocycles. The van der Waals surface area contributed by atoms with Crippen LogP contribution in [-0.2, 0) is 12.3 Å². The highest BCUT2D eigenvalue weighted by atomic mass is 32.2. The van der Waals surface area contributed by atoms with E-state index in [1.165, 1.54) is 11.8 Å². The lowest BCUT2D eigenvalue weighted by molar-refractivity contribution is 1.14. The zero-order valence-electron chi connectivity index (χ0n) is 11.5. The van der Waals surface area contributed by atoms with E-state index in [2.05, 4.69) is 11.4 Å². The van der Waals surface area contributed by atoms with Gasteiger partial charge in [-0.1, -0.05) is 42.1 Å². The molecule has 0 aliphatic rings. The van der Waals surface area contributed by atoms with Crippen molar-refractivity contribution in [2.75, 3.05) is 5.32 Å². The molecule has 2 rings (SSSR count). The second kappa shape index (κ2) is 7.36. The van der Waals surface area contributed by atoms with Gasteiger partial charge < -0.3 is 11.1 Å². The maximum Gasteiger partial charge on any atom is 0.151 e. The minimum atomic E-state index is 0.122. The first-order valence-electron chi connectivity index (χ1n) is 6.46. The molecule has 0 atom stereocenters. The molecule has 0 unspecified atom stereocenters. The molecule has 5 heteroatoms. The fraction of sp³-hybridized carbons (Fsp3) is 0.125. The summed E-state index contributed by atoms with van der Waals surface area (Å²) in [5.74, 6) is 0.672. The summed E-state index contributed by atoms with van der Waals surface area (Å²) in [7, 11) is 0. The molecule has 4 N–H and O–H groups in total. The van der Waals surface area contributed by atoms with Crippen molar-refractivity contribution in [1.29, 1.82) is 10.7 Å². The molecular formula is C16H16N4S. The number of nitrogens with two attached hydrogens (primary N) is 1. The van der Waals surface area contributed by atoms with Gasteiger partial charge in [0.05, 0.1) is 11.6 Å². The van der Waals surface area contributed by atoms with Gasteiger partial charge in [0.1, 0.15) is 0 Å². The van der Waals surface area contributed by atoms with Gasteiger partial charge in [-0.2, -0.15) is 5.26 Å². The summed E-state index contributed by atoms with van der Waals surface area (Å²) in [5.41, 5.74) is 9.31. The second-order valence-corrected chi connectivity index (χ2v) is 5.49. The average molecular weight is 296 g/mol. The Bertz CT molecular complexity index is 659. The van der Waals surface area contributed by atoms with Crippen LogP contribution >= 0.6 is 11.8 Å². The number of anilines is 1. The highest BCUT2D eigenvalue weighted by Gasteiger charge is 2.03. The number of amidine groups is 1. The summed E-state index contributed by atoms with van der Waals surface area (Å²) < 4.78 is 0. The topological polar surface area (TPSA) is 85.7 Å². The largest absolute Gasteiger partial charge is 0.381 e. The van der Waals surface area contributed by atoms with E-state index >= 15 is 0 Å². The molecule has 0 heterocycles. The van der Waals surface area contributed by atoms with Crippen LogP contribution in [0.5, 0.6) is 0 Å². The zero-order chi connectivity index (χ0) is 15.1. The standard InChI is InChI=1S/C16H16N4S/c17-9-12-5-7-13(8-6-12)10-20-15-4-2-1-3-14(15)11-21-16(18)19/h1-8,20H,10-11H2,(H3,18,19). The van der Waals surface area contributed by atoms with Crippen molar-refractivity contribution in [3.8, 4) is 6.07 Å². The Morgan fingerprint density at radius 2 is 1.90 bits per heavy atom. The molecule has 0 spiro atoms. The lowest BCUT2D eigenvalue weighted by atomic mass is 10.1. The van der Waals surface area contributed by atoms with Crippen LogP contribution < -0.4 is 11.1 Å². The van der Waals surface area contributed by atoms with E-state index in [-0.39, 0.29) is 5.17 Å². The number of hydrogen-bond acceptors (Lipinski definition) is 4.